The first-order valence-corrected chi connectivity index (χ1v) is 4.12. The minimum absolute atomic E-state index is 0.156. The normalized spacial score (nSPS) is 25.3. The molecule has 1 nitrogen and oxygen atoms in total. The molecule has 1 unspecified atom stereocenters. The first kappa shape index (κ1) is 8.55. The first-order valence-electron chi connectivity index (χ1n) is 4.12. The molecular weight excluding hydrogens is 141 g/mol. The van der Waals surface area contributed by atoms with E-state index in [1.165, 1.54) is 0 Å². The van der Waals surface area contributed by atoms with Crippen molar-refractivity contribution < 1.29 is 4.39 Å². The lowest BCUT2D eigenvalue weighted by atomic mass is 10.2. The number of halogens is 1. The number of nitrogens with zero attached hydrogens (tertiary/aromatic N) is 1. The molecule has 1 aliphatic rings. The third-order valence-corrected chi connectivity index (χ3v) is 2.22. The smallest absolute Gasteiger partial charge is 0.105 e. The van der Waals surface area contributed by atoms with E-state index in [0.717, 1.165) is 32.4 Å². The summed E-state index contributed by atoms with van der Waals surface area (Å²) in [6.45, 7) is 1.67. The van der Waals surface area contributed by atoms with Crippen LogP contribution in [0.4, 0.5) is 4.39 Å². The third-order valence-electron chi connectivity index (χ3n) is 2.22. The van der Waals surface area contributed by atoms with Crippen LogP contribution in [0.3, 0.4) is 0 Å². The Balaban J connectivity index is 2.27. The fraction of sp³-hybridized carbons (Fsp3) is 0.778. The van der Waals surface area contributed by atoms with Gasteiger partial charge in [-0.25, -0.2) is 4.39 Å². The average Bonchev–Trinajstić information content (AvgIpc) is 2.47. The largest absolute Gasteiger partial charge is 0.297 e. The highest BCUT2D eigenvalue weighted by molar-refractivity contribution is 4.87. The third kappa shape index (κ3) is 2.20. The van der Waals surface area contributed by atoms with E-state index in [4.69, 9.17) is 6.42 Å². The second-order valence-corrected chi connectivity index (χ2v) is 2.94. The highest BCUT2D eigenvalue weighted by Gasteiger charge is 2.22. The summed E-state index contributed by atoms with van der Waals surface area (Å²) in [6.07, 6.45) is 7.99. The number of hydrogen-bond donors (Lipinski definition) is 0. The summed E-state index contributed by atoms with van der Waals surface area (Å²) in [6, 6.07) is 0.156. The van der Waals surface area contributed by atoms with E-state index in [1.54, 1.807) is 0 Å². The molecule has 0 aromatic carbocycles. The Morgan fingerprint density at radius 1 is 1.64 bits per heavy atom. The van der Waals surface area contributed by atoms with Gasteiger partial charge in [0.15, 0.2) is 0 Å². The minimum Gasteiger partial charge on any atom is -0.297 e. The van der Waals surface area contributed by atoms with E-state index in [0.29, 0.717) is 0 Å². The van der Waals surface area contributed by atoms with Gasteiger partial charge in [0.05, 0.1) is 0 Å². The Hall–Kier alpha value is -0.550. The maximum absolute atomic E-state index is 12.3. The highest BCUT2D eigenvalue weighted by Crippen LogP contribution is 2.17. The van der Waals surface area contributed by atoms with Gasteiger partial charge in [-0.05, 0) is 19.4 Å². The molecule has 2 heteroatoms. The van der Waals surface area contributed by atoms with Gasteiger partial charge in [0.1, 0.15) is 6.67 Å². The summed E-state index contributed by atoms with van der Waals surface area (Å²) < 4.78 is 12.3. The van der Waals surface area contributed by atoms with Gasteiger partial charge in [0.25, 0.3) is 0 Å². The SMILES string of the molecule is C#CCCN1CCCC1CF. The Kier molecular flexibility index (Phi) is 3.38. The Bertz CT molecular complexity index is 150. The van der Waals surface area contributed by atoms with Gasteiger partial charge in [0, 0.05) is 19.0 Å². The maximum Gasteiger partial charge on any atom is 0.105 e. The van der Waals surface area contributed by atoms with E-state index < -0.39 is 0 Å². The molecule has 0 aromatic heterocycles. The van der Waals surface area contributed by atoms with Crippen LogP contribution in [0.15, 0.2) is 0 Å². The first-order chi connectivity index (χ1) is 5.38. The molecule has 0 saturated carbocycles. The summed E-state index contributed by atoms with van der Waals surface area (Å²) in [7, 11) is 0. The van der Waals surface area contributed by atoms with Crippen LogP contribution in [0.5, 0.6) is 0 Å². The standard InChI is InChI=1S/C9H14FN/c1-2-3-6-11-7-4-5-9(11)8-10/h1,9H,3-8H2. The highest BCUT2D eigenvalue weighted by atomic mass is 19.1. The van der Waals surface area contributed by atoms with Crippen molar-refractivity contribution in [2.45, 2.75) is 25.3 Å². The summed E-state index contributed by atoms with van der Waals surface area (Å²) in [4.78, 5) is 2.15. The molecule has 1 atom stereocenters. The quantitative estimate of drug-likeness (QED) is 0.557. The molecule has 0 aromatic rings. The molecule has 0 spiro atoms. The molecule has 1 aliphatic heterocycles. The van der Waals surface area contributed by atoms with Crippen LogP contribution in [0, 0.1) is 12.3 Å². The lowest BCUT2D eigenvalue weighted by Crippen LogP contribution is -2.31. The molecule has 0 amide bonds. The number of hydrogen-bond acceptors (Lipinski definition) is 1. The fourth-order valence-electron chi connectivity index (χ4n) is 1.57. The van der Waals surface area contributed by atoms with Crippen molar-refractivity contribution in [1.82, 2.24) is 4.90 Å². The van der Waals surface area contributed by atoms with Gasteiger partial charge >= 0.3 is 0 Å². The van der Waals surface area contributed by atoms with Crippen LogP contribution in [0.1, 0.15) is 19.3 Å². The number of likely N-dealkylation sites (tertiary alicyclic amines) is 1. The zero-order valence-corrected chi connectivity index (χ0v) is 6.72. The Labute approximate surface area is 67.6 Å². The van der Waals surface area contributed by atoms with E-state index >= 15 is 0 Å². The molecule has 0 bridgehead atoms. The second-order valence-electron chi connectivity index (χ2n) is 2.94. The Morgan fingerprint density at radius 2 is 2.45 bits per heavy atom. The monoisotopic (exact) mass is 155 g/mol. The van der Waals surface area contributed by atoms with E-state index in [2.05, 4.69) is 10.8 Å². The molecule has 1 saturated heterocycles. The van der Waals surface area contributed by atoms with Gasteiger partial charge in [-0.3, -0.25) is 4.90 Å². The van der Waals surface area contributed by atoms with E-state index in [9.17, 15) is 4.39 Å². The number of rotatable bonds is 3. The molecule has 1 fully saturated rings. The van der Waals surface area contributed by atoms with Crippen LogP contribution < -0.4 is 0 Å². The molecular formula is C9H14FN. The van der Waals surface area contributed by atoms with E-state index in [-0.39, 0.29) is 12.7 Å². The number of alkyl halides is 1. The van der Waals surface area contributed by atoms with Crippen LogP contribution in [-0.2, 0) is 0 Å². The van der Waals surface area contributed by atoms with Gasteiger partial charge in [0.2, 0.25) is 0 Å². The number of terminal acetylenes is 1. The fourth-order valence-corrected chi connectivity index (χ4v) is 1.57. The minimum atomic E-state index is -0.218. The summed E-state index contributed by atoms with van der Waals surface area (Å²) >= 11 is 0. The summed E-state index contributed by atoms with van der Waals surface area (Å²) in [5, 5.41) is 0. The van der Waals surface area contributed by atoms with Crippen LogP contribution in [-0.4, -0.2) is 30.7 Å². The zero-order chi connectivity index (χ0) is 8.10. The van der Waals surface area contributed by atoms with Gasteiger partial charge < -0.3 is 0 Å². The molecule has 1 heterocycles. The molecule has 0 aliphatic carbocycles. The molecule has 0 radical (unpaired) electrons. The van der Waals surface area contributed by atoms with Crippen LogP contribution in [0.25, 0.3) is 0 Å². The van der Waals surface area contributed by atoms with Crippen molar-refractivity contribution in [2.24, 2.45) is 0 Å². The van der Waals surface area contributed by atoms with Crippen molar-refractivity contribution in [1.29, 1.82) is 0 Å². The van der Waals surface area contributed by atoms with Crippen molar-refractivity contribution in [3.8, 4) is 12.3 Å². The van der Waals surface area contributed by atoms with Crippen LogP contribution in [0.2, 0.25) is 0 Å². The topological polar surface area (TPSA) is 3.24 Å². The average molecular weight is 155 g/mol. The molecule has 62 valence electrons. The molecule has 0 N–H and O–H groups in total. The Morgan fingerprint density at radius 3 is 3.09 bits per heavy atom. The van der Waals surface area contributed by atoms with E-state index in [1.807, 2.05) is 0 Å². The predicted molar refractivity (Wildman–Crippen MR) is 44.0 cm³/mol. The molecule has 1 rings (SSSR count). The van der Waals surface area contributed by atoms with Crippen molar-refractivity contribution in [3.05, 3.63) is 0 Å². The van der Waals surface area contributed by atoms with Crippen molar-refractivity contribution in [3.63, 3.8) is 0 Å². The summed E-state index contributed by atoms with van der Waals surface area (Å²) in [5.74, 6) is 2.58. The summed E-state index contributed by atoms with van der Waals surface area (Å²) in [5.41, 5.74) is 0. The van der Waals surface area contributed by atoms with Gasteiger partial charge in [-0.1, -0.05) is 0 Å². The van der Waals surface area contributed by atoms with Crippen molar-refractivity contribution in [2.75, 3.05) is 19.8 Å². The van der Waals surface area contributed by atoms with Crippen LogP contribution >= 0.6 is 0 Å². The predicted octanol–water partition coefficient (Wildman–Crippen LogP) is 1.44. The lowest BCUT2D eigenvalue weighted by Gasteiger charge is -2.20. The second kappa shape index (κ2) is 4.35. The van der Waals surface area contributed by atoms with Gasteiger partial charge in [-0.15, -0.1) is 12.3 Å². The van der Waals surface area contributed by atoms with Crippen molar-refractivity contribution >= 4 is 0 Å². The maximum atomic E-state index is 12.3. The lowest BCUT2D eigenvalue weighted by molar-refractivity contribution is 0.219. The zero-order valence-electron chi connectivity index (χ0n) is 6.72. The van der Waals surface area contributed by atoms with Gasteiger partial charge in [-0.2, -0.15) is 0 Å². The molecule has 11 heavy (non-hydrogen) atoms.